The molecule has 19 heavy (non-hydrogen) atoms. The van der Waals surface area contributed by atoms with E-state index in [0.29, 0.717) is 37.1 Å². The van der Waals surface area contributed by atoms with Crippen molar-refractivity contribution in [2.45, 2.75) is 13.3 Å². The van der Waals surface area contributed by atoms with E-state index in [1.165, 1.54) is 6.33 Å². The van der Waals surface area contributed by atoms with Gasteiger partial charge in [-0.1, -0.05) is 6.92 Å². The van der Waals surface area contributed by atoms with Crippen molar-refractivity contribution in [3.63, 3.8) is 0 Å². The molecule has 0 aliphatic carbocycles. The standard InChI is InChI=1S/C12H19N5O2/c1-3-6-19-12-10(13)11(14-8-15-12)17-5-4-16(2)9(18)7-17/h8H,3-7,13H2,1-2H3. The number of carbonyl (C=O) groups excluding carboxylic acids is 1. The zero-order valence-electron chi connectivity index (χ0n) is 11.3. The SMILES string of the molecule is CCCOc1ncnc(N2CCN(C)C(=O)C2)c1N. The van der Waals surface area contributed by atoms with Gasteiger partial charge in [-0.25, -0.2) is 4.98 Å². The van der Waals surface area contributed by atoms with Gasteiger partial charge in [0.05, 0.1) is 13.2 Å². The summed E-state index contributed by atoms with van der Waals surface area (Å²) in [5.74, 6) is 1.01. The number of ether oxygens (including phenoxy) is 1. The van der Waals surface area contributed by atoms with Gasteiger partial charge in [0.1, 0.15) is 12.0 Å². The summed E-state index contributed by atoms with van der Waals surface area (Å²) in [6.45, 7) is 4.22. The average Bonchev–Trinajstić information content (AvgIpc) is 2.41. The van der Waals surface area contributed by atoms with Gasteiger partial charge in [-0.3, -0.25) is 4.79 Å². The molecule has 0 spiro atoms. The van der Waals surface area contributed by atoms with Gasteiger partial charge in [0.2, 0.25) is 11.8 Å². The molecule has 0 unspecified atom stereocenters. The summed E-state index contributed by atoms with van der Waals surface area (Å²) in [4.78, 5) is 23.5. The number of hydrogen-bond donors (Lipinski definition) is 1. The lowest BCUT2D eigenvalue weighted by Gasteiger charge is -2.33. The van der Waals surface area contributed by atoms with Gasteiger partial charge in [0, 0.05) is 20.1 Å². The molecule has 0 atom stereocenters. The van der Waals surface area contributed by atoms with Gasteiger partial charge in [-0.15, -0.1) is 0 Å². The second kappa shape index (κ2) is 5.73. The van der Waals surface area contributed by atoms with Crippen LogP contribution in [-0.2, 0) is 4.79 Å². The van der Waals surface area contributed by atoms with Gasteiger partial charge in [-0.05, 0) is 6.42 Å². The van der Waals surface area contributed by atoms with Crippen LogP contribution >= 0.6 is 0 Å². The zero-order chi connectivity index (χ0) is 13.8. The molecular weight excluding hydrogens is 246 g/mol. The molecule has 1 aliphatic heterocycles. The Morgan fingerprint density at radius 2 is 2.21 bits per heavy atom. The smallest absolute Gasteiger partial charge is 0.242 e. The van der Waals surface area contributed by atoms with E-state index in [4.69, 9.17) is 10.5 Å². The molecule has 1 aromatic heterocycles. The van der Waals surface area contributed by atoms with E-state index in [1.54, 1.807) is 11.9 Å². The van der Waals surface area contributed by atoms with Crippen LogP contribution in [0.1, 0.15) is 13.3 Å². The predicted molar refractivity (Wildman–Crippen MR) is 72.1 cm³/mol. The van der Waals surface area contributed by atoms with Gasteiger partial charge < -0.3 is 20.3 Å². The summed E-state index contributed by atoms with van der Waals surface area (Å²) in [5, 5.41) is 0. The number of hydrogen-bond acceptors (Lipinski definition) is 6. The Balaban J connectivity index is 2.18. The Kier molecular flexibility index (Phi) is 4.03. The first-order valence-corrected chi connectivity index (χ1v) is 6.35. The molecule has 1 aromatic rings. The Hall–Kier alpha value is -2.05. The first kappa shape index (κ1) is 13.4. The maximum absolute atomic E-state index is 11.7. The van der Waals surface area contributed by atoms with Gasteiger partial charge in [0.15, 0.2) is 5.82 Å². The second-order valence-electron chi connectivity index (χ2n) is 4.50. The third kappa shape index (κ3) is 2.86. The topological polar surface area (TPSA) is 84.6 Å². The van der Waals surface area contributed by atoms with E-state index in [1.807, 2.05) is 11.8 Å². The largest absolute Gasteiger partial charge is 0.476 e. The number of rotatable bonds is 4. The van der Waals surface area contributed by atoms with Crippen LogP contribution in [-0.4, -0.2) is 54.1 Å². The molecule has 0 bridgehead atoms. The Morgan fingerprint density at radius 1 is 1.42 bits per heavy atom. The van der Waals surface area contributed by atoms with E-state index in [-0.39, 0.29) is 12.5 Å². The minimum Gasteiger partial charge on any atom is -0.476 e. The van der Waals surface area contributed by atoms with Crippen LogP contribution in [0, 0.1) is 0 Å². The quantitative estimate of drug-likeness (QED) is 0.832. The molecule has 1 amide bonds. The number of anilines is 2. The third-order valence-electron chi connectivity index (χ3n) is 3.03. The Morgan fingerprint density at radius 3 is 2.89 bits per heavy atom. The summed E-state index contributed by atoms with van der Waals surface area (Å²) in [7, 11) is 1.79. The molecule has 2 N–H and O–H groups in total. The lowest BCUT2D eigenvalue weighted by molar-refractivity contribution is -0.129. The molecule has 0 radical (unpaired) electrons. The van der Waals surface area contributed by atoms with Gasteiger partial charge >= 0.3 is 0 Å². The molecule has 2 heterocycles. The van der Waals surface area contributed by atoms with Crippen molar-refractivity contribution in [2.24, 2.45) is 0 Å². The van der Waals surface area contributed by atoms with Gasteiger partial charge in [0.25, 0.3) is 0 Å². The van der Waals surface area contributed by atoms with Crippen molar-refractivity contribution in [1.29, 1.82) is 0 Å². The maximum Gasteiger partial charge on any atom is 0.242 e. The molecule has 104 valence electrons. The summed E-state index contributed by atoms with van der Waals surface area (Å²) >= 11 is 0. The molecule has 1 fully saturated rings. The highest BCUT2D eigenvalue weighted by atomic mass is 16.5. The highest BCUT2D eigenvalue weighted by molar-refractivity contribution is 5.84. The fraction of sp³-hybridized carbons (Fsp3) is 0.583. The predicted octanol–water partition coefficient (Wildman–Crippen LogP) is 0.126. The first-order chi connectivity index (χ1) is 9.13. The van der Waals surface area contributed by atoms with Crippen molar-refractivity contribution in [1.82, 2.24) is 14.9 Å². The third-order valence-corrected chi connectivity index (χ3v) is 3.03. The van der Waals surface area contributed by atoms with E-state index in [0.717, 1.165) is 6.42 Å². The summed E-state index contributed by atoms with van der Waals surface area (Å²) in [6, 6.07) is 0. The van der Waals surface area contributed by atoms with E-state index >= 15 is 0 Å². The summed E-state index contributed by atoms with van der Waals surface area (Å²) in [5.41, 5.74) is 6.42. The van der Waals surface area contributed by atoms with Crippen molar-refractivity contribution in [3.8, 4) is 5.88 Å². The molecule has 1 aliphatic rings. The average molecular weight is 265 g/mol. The lowest BCUT2D eigenvalue weighted by Crippen LogP contribution is -2.49. The Bertz CT molecular complexity index is 465. The summed E-state index contributed by atoms with van der Waals surface area (Å²) < 4.78 is 5.47. The minimum atomic E-state index is 0.0558. The van der Waals surface area contributed by atoms with Crippen LogP contribution in [0.3, 0.4) is 0 Å². The molecule has 0 aromatic carbocycles. The van der Waals surface area contributed by atoms with Crippen LogP contribution < -0.4 is 15.4 Å². The molecule has 0 saturated carbocycles. The minimum absolute atomic E-state index is 0.0558. The van der Waals surface area contributed by atoms with Gasteiger partial charge in [-0.2, -0.15) is 4.98 Å². The number of carbonyl (C=O) groups is 1. The molecule has 2 rings (SSSR count). The monoisotopic (exact) mass is 265 g/mol. The normalized spacial score (nSPS) is 15.8. The number of amides is 1. The highest BCUT2D eigenvalue weighted by Crippen LogP contribution is 2.28. The number of nitrogens with two attached hydrogens (primary N) is 1. The Labute approximate surface area is 112 Å². The second-order valence-corrected chi connectivity index (χ2v) is 4.50. The zero-order valence-corrected chi connectivity index (χ0v) is 11.3. The fourth-order valence-electron chi connectivity index (χ4n) is 1.88. The molecule has 7 heteroatoms. The number of likely N-dealkylation sites (N-methyl/N-ethyl adjacent to an activating group) is 1. The highest BCUT2D eigenvalue weighted by Gasteiger charge is 2.24. The van der Waals surface area contributed by atoms with E-state index in [2.05, 4.69) is 9.97 Å². The van der Waals surface area contributed by atoms with Crippen LogP contribution in [0.5, 0.6) is 5.88 Å². The first-order valence-electron chi connectivity index (χ1n) is 6.35. The van der Waals surface area contributed by atoms with Crippen molar-refractivity contribution < 1.29 is 9.53 Å². The van der Waals surface area contributed by atoms with Crippen LogP contribution in [0.4, 0.5) is 11.5 Å². The summed E-state index contributed by atoms with van der Waals surface area (Å²) in [6.07, 6.45) is 2.30. The van der Waals surface area contributed by atoms with Crippen LogP contribution in [0.15, 0.2) is 6.33 Å². The van der Waals surface area contributed by atoms with Crippen LogP contribution in [0.25, 0.3) is 0 Å². The number of piperazine rings is 1. The number of aromatic nitrogens is 2. The fourth-order valence-corrected chi connectivity index (χ4v) is 1.88. The molecular formula is C12H19N5O2. The number of nitrogens with zero attached hydrogens (tertiary/aromatic N) is 4. The molecule has 7 nitrogen and oxygen atoms in total. The van der Waals surface area contributed by atoms with Crippen molar-refractivity contribution in [3.05, 3.63) is 6.33 Å². The maximum atomic E-state index is 11.7. The van der Waals surface area contributed by atoms with Crippen LogP contribution in [0.2, 0.25) is 0 Å². The van der Waals surface area contributed by atoms with E-state index < -0.39 is 0 Å². The molecule has 1 saturated heterocycles. The van der Waals surface area contributed by atoms with Crippen molar-refractivity contribution >= 4 is 17.4 Å². The van der Waals surface area contributed by atoms with E-state index in [9.17, 15) is 4.79 Å². The number of nitrogen functional groups attached to an aromatic ring is 1. The van der Waals surface area contributed by atoms with Crippen molar-refractivity contribution in [2.75, 3.05) is 43.9 Å². The lowest BCUT2D eigenvalue weighted by atomic mass is 10.3.